The van der Waals surface area contributed by atoms with Gasteiger partial charge in [-0.25, -0.2) is 9.18 Å². The molecule has 9 heteroatoms. The lowest BCUT2D eigenvalue weighted by molar-refractivity contribution is -0.0292. The average Bonchev–Trinajstić information content (AvgIpc) is 2.79. The molecule has 1 unspecified atom stereocenters. The van der Waals surface area contributed by atoms with Crippen molar-refractivity contribution in [2.45, 2.75) is 71.0 Å². The zero-order chi connectivity index (χ0) is 24.2. The van der Waals surface area contributed by atoms with Gasteiger partial charge in [-0.15, -0.1) is 0 Å². The summed E-state index contributed by atoms with van der Waals surface area (Å²) in [7, 11) is 0. The summed E-state index contributed by atoms with van der Waals surface area (Å²) in [4.78, 5) is 26.5. The Hall–Kier alpha value is -2.42. The molecule has 2 fully saturated rings. The summed E-state index contributed by atoms with van der Waals surface area (Å²) >= 11 is 0. The van der Waals surface area contributed by atoms with E-state index in [9.17, 15) is 9.18 Å². The van der Waals surface area contributed by atoms with E-state index in [1.807, 2.05) is 20.8 Å². The van der Waals surface area contributed by atoms with E-state index in [4.69, 9.17) is 14.3 Å². The van der Waals surface area contributed by atoms with Gasteiger partial charge in [0.15, 0.2) is 6.61 Å². The summed E-state index contributed by atoms with van der Waals surface area (Å²) in [6.07, 6.45) is 7.91. The molecule has 0 spiro atoms. The van der Waals surface area contributed by atoms with Crippen molar-refractivity contribution >= 4 is 12.0 Å². The second-order valence-electron chi connectivity index (χ2n) is 10.7. The van der Waals surface area contributed by atoms with Gasteiger partial charge in [0.1, 0.15) is 17.5 Å². The molecule has 0 aromatic carbocycles. The van der Waals surface area contributed by atoms with Crippen LogP contribution in [0.4, 0.5) is 9.18 Å². The minimum atomic E-state index is -0.551. The van der Waals surface area contributed by atoms with Crippen LogP contribution in [0.1, 0.15) is 58.4 Å². The Bertz CT molecular complexity index is 874. The number of hydrogen-bond donors (Lipinski definition) is 0. The van der Waals surface area contributed by atoms with Gasteiger partial charge in [-0.2, -0.15) is 0 Å². The van der Waals surface area contributed by atoms with Crippen molar-refractivity contribution in [3.8, 4) is 0 Å². The molecular weight excluding hydrogens is 439 g/mol. The summed E-state index contributed by atoms with van der Waals surface area (Å²) < 4.78 is 25.9. The number of piperidine rings is 2. The van der Waals surface area contributed by atoms with E-state index in [1.54, 1.807) is 11.1 Å². The van der Waals surface area contributed by atoms with Gasteiger partial charge < -0.3 is 19.2 Å². The Kier molecular flexibility index (Phi) is 7.60. The molecule has 1 aromatic heterocycles. The van der Waals surface area contributed by atoms with Crippen molar-refractivity contribution in [1.82, 2.24) is 14.8 Å². The van der Waals surface area contributed by atoms with Crippen molar-refractivity contribution in [3.05, 3.63) is 29.8 Å². The van der Waals surface area contributed by atoms with E-state index in [1.165, 1.54) is 31.5 Å². The van der Waals surface area contributed by atoms with E-state index < -0.39 is 11.0 Å². The minimum Gasteiger partial charge on any atom is -0.470 e. The maximum absolute atomic E-state index is 13.9. The van der Waals surface area contributed by atoms with Gasteiger partial charge in [0.2, 0.25) is 5.90 Å². The molecule has 3 aliphatic rings. The van der Waals surface area contributed by atoms with E-state index in [2.05, 4.69) is 15.0 Å². The maximum atomic E-state index is 13.9. The number of ether oxygens (including phenoxy) is 2. The maximum Gasteiger partial charge on any atom is 0.410 e. The number of oxime groups is 1. The summed E-state index contributed by atoms with van der Waals surface area (Å²) in [6.45, 7) is 9.96. The molecule has 0 aliphatic carbocycles. The first-order chi connectivity index (χ1) is 16.2. The number of carbonyl (C=O) groups excluding carboxylic acids is 1. The summed E-state index contributed by atoms with van der Waals surface area (Å²) in [5, 5.41) is 4.34. The molecule has 0 saturated carbocycles. The number of pyridine rings is 1. The minimum absolute atomic E-state index is 0.100. The van der Waals surface area contributed by atoms with Crippen molar-refractivity contribution in [2.75, 3.05) is 39.3 Å². The van der Waals surface area contributed by atoms with E-state index in [0.717, 1.165) is 25.2 Å². The third-order valence-electron chi connectivity index (χ3n) is 6.73. The normalized spacial score (nSPS) is 23.5. The Balaban J connectivity index is 1.49. The number of carbonyl (C=O) groups is 1. The first-order valence-corrected chi connectivity index (χ1v) is 12.4. The van der Waals surface area contributed by atoms with Gasteiger partial charge in [-0.1, -0.05) is 11.6 Å². The molecule has 1 amide bonds. The highest BCUT2D eigenvalue weighted by atomic mass is 19.1. The van der Waals surface area contributed by atoms with Crippen LogP contribution in [0.3, 0.4) is 0 Å². The number of hydrogen-bond acceptors (Lipinski definition) is 7. The fourth-order valence-corrected chi connectivity index (χ4v) is 4.99. The Labute approximate surface area is 201 Å². The topological polar surface area (TPSA) is 76.5 Å². The zero-order valence-corrected chi connectivity index (χ0v) is 20.6. The number of halogens is 1. The van der Waals surface area contributed by atoms with Crippen molar-refractivity contribution in [3.63, 3.8) is 0 Å². The Morgan fingerprint density at radius 2 is 1.91 bits per heavy atom. The number of aromatic nitrogens is 1. The van der Waals surface area contributed by atoms with Gasteiger partial charge in [0.25, 0.3) is 0 Å². The largest absolute Gasteiger partial charge is 0.470 e. The van der Waals surface area contributed by atoms with Crippen LogP contribution in [-0.2, 0) is 20.7 Å². The van der Waals surface area contributed by atoms with Gasteiger partial charge in [-0.05, 0) is 77.6 Å². The van der Waals surface area contributed by atoms with Crippen LogP contribution >= 0.6 is 0 Å². The third kappa shape index (κ3) is 6.37. The third-order valence-corrected chi connectivity index (χ3v) is 6.73. The zero-order valence-electron chi connectivity index (χ0n) is 20.6. The molecule has 0 radical (unpaired) electrons. The molecule has 1 atom stereocenters. The van der Waals surface area contributed by atoms with Gasteiger partial charge in [-0.3, -0.25) is 9.88 Å². The highest BCUT2D eigenvalue weighted by Gasteiger charge is 2.45. The molecule has 0 bridgehead atoms. The van der Waals surface area contributed by atoms with Crippen LogP contribution in [0.5, 0.6) is 0 Å². The second-order valence-corrected chi connectivity index (χ2v) is 10.7. The number of rotatable bonds is 5. The first kappa shape index (κ1) is 24.7. The summed E-state index contributed by atoms with van der Waals surface area (Å²) in [5.41, 5.74) is -0.283. The van der Waals surface area contributed by atoms with Crippen LogP contribution in [0.25, 0.3) is 0 Å². The predicted octanol–water partition coefficient (Wildman–Crippen LogP) is 4.00. The summed E-state index contributed by atoms with van der Waals surface area (Å²) in [6, 6.07) is 1.50. The van der Waals surface area contributed by atoms with Crippen LogP contribution in [0.15, 0.2) is 23.6 Å². The second kappa shape index (κ2) is 10.5. The Morgan fingerprint density at radius 1 is 1.18 bits per heavy atom. The van der Waals surface area contributed by atoms with Gasteiger partial charge in [0, 0.05) is 25.8 Å². The quantitative estimate of drug-likeness (QED) is 0.640. The van der Waals surface area contributed by atoms with Gasteiger partial charge >= 0.3 is 6.09 Å². The monoisotopic (exact) mass is 476 g/mol. The van der Waals surface area contributed by atoms with Crippen molar-refractivity contribution in [1.29, 1.82) is 0 Å². The van der Waals surface area contributed by atoms with Crippen molar-refractivity contribution in [2.24, 2.45) is 10.6 Å². The first-order valence-electron chi connectivity index (χ1n) is 12.4. The predicted molar refractivity (Wildman–Crippen MR) is 126 cm³/mol. The van der Waals surface area contributed by atoms with Crippen LogP contribution in [0.2, 0.25) is 0 Å². The molecule has 0 N–H and O–H groups in total. The van der Waals surface area contributed by atoms with E-state index in [0.29, 0.717) is 44.9 Å². The molecule has 34 heavy (non-hydrogen) atoms. The molecule has 3 aliphatic heterocycles. The molecule has 4 heterocycles. The highest BCUT2D eigenvalue weighted by molar-refractivity contribution is 5.83. The van der Waals surface area contributed by atoms with Gasteiger partial charge in [0.05, 0.1) is 11.6 Å². The SMILES string of the molecule is CC(C)(C)OC(=O)N1CCC(Cc2cncc(F)c2)(C2=NOCC(CN3CCCCC3)O2)CC1. The standard InChI is InChI=1S/C25H37FN4O4/c1-24(2,3)34-23(31)30-11-7-25(8-12-30,14-19-13-20(26)16-27-15-19)22-28-32-18-21(33-22)17-29-9-5-4-6-10-29/h13,15-16,21H,4-12,14,17-18H2,1-3H3. The lowest BCUT2D eigenvalue weighted by Crippen LogP contribution is -2.52. The molecule has 2 saturated heterocycles. The Morgan fingerprint density at radius 3 is 2.59 bits per heavy atom. The van der Waals surface area contributed by atoms with Crippen molar-refractivity contribution < 1.29 is 23.5 Å². The average molecular weight is 477 g/mol. The lowest BCUT2D eigenvalue weighted by Gasteiger charge is -2.43. The summed E-state index contributed by atoms with van der Waals surface area (Å²) in [5.74, 6) is 0.179. The van der Waals surface area contributed by atoms with Crippen LogP contribution in [-0.4, -0.2) is 77.8 Å². The molecule has 8 nitrogen and oxygen atoms in total. The number of amides is 1. The highest BCUT2D eigenvalue weighted by Crippen LogP contribution is 2.39. The lowest BCUT2D eigenvalue weighted by atomic mass is 9.73. The molecular formula is C25H37FN4O4. The number of nitrogens with zero attached hydrogens (tertiary/aromatic N) is 4. The molecule has 188 valence electrons. The fourth-order valence-electron chi connectivity index (χ4n) is 4.99. The van der Waals surface area contributed by atoms with E-state index >= 15 is 0 Å². The molecule has 1 aromatic rings. The van der Waals surface area contributed by atoms with Crippen LogP contribution in [0, 0.1) is 11.2 Å². The number of likely N-dealkylation sites (tertiary alicyclic amines) is 2. The van der Waals surface area contributed by atoms with E-state index in [-0.39, 0.29) is 18.0 Å². The fraction of sp³-hybridized carbons (Fsp3) is 0.720. The van der Waals surface area contributed by atoms with Crippen LogP contribution < -0.4 is 0 Å². The molecule has 4 rings (SSSR count). The smallest absolute Gasteiger partial charge is 0.410 e.